The van der Waals surface area contributed by atoms with Crippen LogP contribution in [0.3, 0.4) is 0 Å². The van der Waals surface area contributed by atoms with Crippen LogP contribution in [0.1, 0.15) is 6.92 Å². The summed E-state index contributed by atoms with van der Waals surface area (Å²) in [5.74, 6) is 0. The average molecular weight is 195 g/mol. The summed E-state index contributed by atoms with van der Waals surface area (Å²) < 4.78 is 0. The molecule has 0 spiro atoms. The van der Waals surface area contributed by atoms with Crippen LogP contribution >= 0.6 is 11.6 Å². The van der Waals surface area contributed by atoms with Gasteiger partial charge in [0.25, 0.3) is 0 Å². The maximum atomic E-state index is 5.86. The second kappa shape index (κ2) is 3.30. The Kier molecular flexibility index (Phi) is 2.15. The van der Waals surface area contributed by atoms with Crippen molar-refractivity contribution in [1.29, 1.82) is 0 Å². The lowest BCUT2D eigenvalue weighted by Gasteiger charge is -1.99. The Balaban J connectivity index is 2.55. The van der Waals surface area contributed by atoms with Crippen molar-refractivity contribution >= 4 is 28.2 Å². The highest BCUT2D eigenvalue weighted by atomic mass is 35.5. The summed E-state index contributed by atoms with van der Waals surface area (Å²) in [5.41, 5.74) is 2.21. The van der Waals surface area contributed by atoms with Gasteiger partial charge in [-0.25, -0.2) is 0 Å². The first-order valence-electron chi connectivity index (χ1n) is 4.32. The number of aromatic amines is 1. The normalized spacial score (nSPS) is 10.6. The zero-order valence-corrected chi connectivity index (χ0v) is 8.15. The molecule has 0 bridgehead atoms. The third kappa shape index (κ3) is 1.49. The van der Waals surface area contributed by atoms with E-state index in [-0.39, 0.29) is 0 Å². The maximum absolute atomic E-state index is 5.86. The SMILES string of the molecule is CCNc1c[nH]c2cc(Cl)ccc12. The smallest absolute Gasteiger partial charge is 0.0597 e. The first-order valence-corrected chi connectivity index (χ1v) is 4.69. The van der Waals surface area contributed by atoms with Gasteiger partial charge < -0.3 is 10.3 Å². The largest absolute Gasteiger partial charge is 0.384 e. The molecule has 0 saturated carbocycles. The molecular formula is C10H11ClN2. The van der Waals surface area contributed by atoms with E-state index in [9.17, 15) is 0 Å². The number of hydrogen-bond donors (Lipinski definition) is 2. The Labute approximate surface area is 81.9 Å². The third-order valence-corrected chi connectivity index (χ3v) is 2.25. The third-order valence-electron chi connectivity index (χ3n) is 2.01. The molecule has 0 aliphatic heterocycles. The van der Waals surface area contributed by atoms with Gasteiger partial charge in [0, 0.05) is 28.7 Å². The molecule has 2 N–H and O–H groups in total. The Morgan fingerprint density at radius 3 is 3.08 bits per heavy atom. The number of hydrogen-bond acceptors (Lipinski definition) is 1. The van der Waals surface area contributed by atoms with Crippen molar-refractivity contribution in [3.8, 4) is 0 Å². The lowest BCUT2D eigenvalue weighted by atomic mass is 10.2. The quantitative estimate of drug-likeness (QED) is 0.755. The first kappa shape index (κ1) is 8.45. The van der Waals surface area contributed by atoms with Crippen molar-refractivity contribution in [3.63, 3.8) is 0 Å². The van der Waals surface area contributed by atoms with Gasteiger partial charge in [-0.1, -0.05) is 11.6 Å². The van der Waals surface area contributed by atoms with Gasteiger partial charge in [0.2, 0.25) is 0 Å². The summed E-state index contributed by atoms with van der Waals surface area (Å²) in [6, 6.07) is 5.85. The Morgan fingerprint density at radius 2 is 2.31 bits per heavy atom. The van der Waals surface area contributed by atoms with E-state index in [4.69, 9.17) is 11.6 Å². The lowest BCUT2D eigenvalue weighted by Crippen LogP contribution is -1.94. The van der Waals surface area contributed by atoms with Gasteiger partial charge >= 0.3 is 0 Å². The topological polar surface area (TPSA) is 27.8 Å². The molecule has 2 rings (SSSR count). The highest BCUT2D eigenvalue weighted by Crippen LogP contribution is 2.25. The Hall–Kier alpha value is -1.15. The summed E-state index contributed by atoms with van der Waals surface area (Å²) in [7, 11) is 0. The van der Waals surface area contributed by atoms with E-state index >= 15 is 0 Å². The molecule has 2 nitrogen and oxygen atoms in total. The predicted molar refractivity (Wildman–Crippen MR) is 57.5 cm³/mol. The van der Waals surface area contributed by atoms with E-state index in [2.05, 4.69) is 17.2 Å². The van der Waals surface area contributed by atoms with Crippen LogP contribution in [0.25, 0.3) is 10.9 Å². The van der Waals surface area contributed by atoms with Gasteiger partial charge in [0.05, 0.1) is 5.69 Å². The standard InChI is InChI=1S/C10H11ClN2/c1-2-12-10-6-13-9-5-7(11)3-4-8(9)10/h3-6,12-13H,2H2,1H3. The minimum Gasteiger partial charge on any atom is -0.384 e. The van der Waals surface area contributed by atoms with Crippen molar-refractivity contribution in [2.45, 2.75) is 6.92 Å². The fourth-order valence-corrected chi connectivity index (χ4v) is 1.61. The van der Waals surface area contributed by atoms with Crippen LogP contribution in [0.2, 0.25) is 5.02 Å². The predicted octanol–water partition coefficient (Wildman–Crippen LogP) is 3.25. The minimum absolute atomic E-state index is 0.761. The lowest BCUT2D eigenvalue weighted by molar-refractivity contribution is 1.22. The number of fused-ring (bicyclic) bond motifs is 1. The van der Waals surface area contributed by atoms with Crippen molar-refractivity contribution < 1.29 is 0 Å². The van der Waals surface area contributed by atoms with E-state index in [1.54, 1.807) is 0 Å². The molecule has 1 aromatic heterocycles. The molecule has 0 saturated heterocycles. The van der Waals surface area contributed by atoms with E-state index in [1.807, 2.05) is 24.4 Å². The van der Waals surface area contributed by atoms with Crippen molar-refractivity contribution in [3.05, 3.63) is 29.4 Å². The number of nitrogens with one attached hydrogen (secondary N) is 2. The zero-order chi connectivity index (χ0) is 9.26. The van der Waals surface area contributed by atoms with Crippen molar-refractivity contribution in [2.75, 3.05) is 11.9 Å². The second-order valence-corrected chi connectivity index (χ2v) is 3.36. The molecule has 0 amide bonds. The van der Waals surface area contributed by atoms with Crippen LogP contribution in [-0.2, 0) is 0 Å². The van der Waals surface area contributed by atoms with Crippen LogP contribution in [0.5, 0.6) is 0 Å². The van der Waals surface area contributed by atoms with Crippen LogP contribution in [0.4, 0.5) is 5.69 Å². The molecule has 2 aromatic rings. The van der Waals surface area contributed by atoms with Crippen molar-refractivity contribution in [1.82, 2.24) is 4.98 Å². The van der Waals surface area contributed by atoms with E-state index in [0.717, 1.165) is 22.8 Å². The second-order valence-electron chi connectivity index (χ2n) is 2.92. The molecule has 0 fully saturated rings. The minimum atomic E-state index is 0.761. The molecule has 0 radical (unpaired) electrons. The monoisotopic (exact) mass is 194 g/mol. The van der Waals surface area contributed by atoms with E-state index < -0.39 is 0 Å². The van der Waals surface area contributed by atoms with Gasteiger partial charge in [-0.15, -0.1) is 0 Å². The molecular weight excluding hydrogens is 184 g/mol. The molecule has 68 valence electrons. The maximum Gasteiger partial charge on any atom is 0.0597 e. The molecule has 0 unspecified atom stereocenters. The number of anilines is 1. The number of rotatable bonds is 2. The molecule has 13 heavy (non-hydrogen) atoms. The number of aromatic nitrogens is 1. The van der Waals surface area contributed by atoms with Crippen molar-refractivity contribution in [2.24, 2.45) is 0 Å². The van der Waals surface area contributed by atoms with Crippen LogP contribution in [-0.4, -0.2) is 11.5 Å². The first-order chi connectivity index (χ1) is 6.31. The van der Waals surface area contributed by atoms with Crippen LogP contribution in [0, 0.1) is 0 Å². The molecule has 1 heterocycles. The number of benzene rings is 1. The Bertz CT molecular complexity index is 420. The summed E-state index contributed by atoms with van der Waals surface area (Å²) in [6.45, 7) is 3.00. The van der Waals surface area contributed by atoms with Gasteiger partial charge in [0.15, 0.2) is 0 Å². The summed E-state index contributed by atoms with van der Waals surface area (Å²) in [6.07, 6.45) is 1.96. The van der Waals surface area contributed by atoms with Gasteiger partial charge in [0.1, 0.15) is 0 Å². The van der Waals surface area contributed by atoms with Gasteiger partial charge in [-0.05, 0) is 25.1 Å². The van der Waals surface area contributed by atoms with E-state index in [0.29, 0.717) is 0 Å². The molecule has 3 heteroatoms. The molecule has 0 aliphatic rings. The fourth-order valence-electron chi connectivity index (χ4n) is 1.44. The fraction of sp³-hybridized carbons (Fsp3) is 0.200. The summed E-state index contributed by atoms with van der Waals surface area (Å²) in [5, 5.41) is 5.22. The van der Waals surface area contributed by atoms with Gasteiger partial charge in [-0.3, -0.25) is 0 Å². The zero-order valence-electron chi connectivity index (χ0n) is 7.39. The molecule has 0 aliphatic carbocycles. The van der Waals surface area contributed by atoms with Gasteiger partial charge in [-0.2, -0.15) is 0 Å². The van der Waals surface area contributed by atoms with E-state index in [1.165, 1.54) is 5.39 Å². The average Bonchev–Trinajstić information content (AvgIpc) is 2.49. The summed E-state index contributed by atoms with van der Waals surface area (Å²) in [4.78, 5) is 3.17. The molecule has 1 aromatic carbocycles. The highest BCUT2D eigenvalue weighted by molar-refractivity contribution is 6.31. The number of halogens is 1. The number of H-pyrrole nitrogens is 1. The molecule has 0 atom stereocenters. The highest BCUT2D eigenvalue weighted by Gasteiger charge is 2.01. The Morgan fingerprint density at radius 1 is 1.46 bits per heavy atom. The summed E-state index contributed by atoms with van der Waals surface area (Å²) >= 11 is 5.86. The van der Waals surface area contributed by atoms with Crippen LogP contribution in [0.15, 0.2) is 24.4 Å². The van der Waals surface area contributed by atoms with Crippen LogP contribution < -0.4 is 5.32 Å².